The monoisotopic (exact) mass is 274 g/mol. The first-order chi connectivity index (χ1) is 5.88. The maximum absolute atomic E-state index is 12.8. The molecule has 0 unspecified atom stereocenters. The van der Waals surface area contributed by atoms with Gasteiger partial charge < -0.3 is 4.74 Å². The highest BCUT2D eigenvalue weighted by Crippen LogP contribution is 2.28. The summed E-state index contributed by atoms with van der Waals surface area (Å²) >= 11 is 7.41. The molecule has 0 N–H and O–H groups in total. The van der Waals surface area contributed by atoms with Gasteiger partial charge in [0.25, 0.3) is 0 Å². The topological polar surface area (TPSA) is 9.23 Å². The molecule has 0 amide bonds. The summed E-state index contributed by atoms with van der Waals surface area (Å²) in [6.07, 6.45) is 0. The third-order valence-electron chi connectivity index (χ3n) is 1.12. The van der Waals surface area contributed by atoms with Crippen LogP contribution in [0.15, 0.2) is 22.7 Å². The van der Waals surface area contributed by atoms with Gasteiger partial charge in [-0.2, -0.15) is 0 Å². The normalized spacial score (nSPS) is 11.5. The summed E-state index contributed by atoms with van der Waals surface area (Å²) in [6.45, 7) is 0. The lowest BCUT2D eigenvalue weighted by Crippen LogP contribution is -2.16. The Kier molecular flexibility index (Phi) is 3.08. The Bertz CT molecular complexity index is 313. The molecule has 0 aromatic heterocycles. The zero-order valence-electron chi connectivity index (χ0n) is 6.03. The quantitative estimate of drug-likeness (QED) is 0.747. The summed E-state index contributed by atoms with van der Waals surface area (Å²) in [7, 11) is 0. The van der Waals surface area contributed by atoms with Crippen molar-refractivity contribution in [2.24, 2.45) is 0 Å². The van der Waals surface area contributed by atoms with E-state index in [2.05, 4.69) is 32.3 Å². The summed E-state index contributed by atoms with van der Waals surface area (Å²) in [5.74, 6) is -1.50. The molecule has 1 nitrogen and oxygen atoms in total. The first-order valence-electron chi connectivity index (χ1n) is 3.09. The molecular formula is C7H3BrClF3O. The van der Waals surface area contributed by atoms with E-state index in [1.807, 2.05) is 0 Å². The number of hydrogen-bond acceptors (Lipinski definition) is 1. The molecule has 13 heavy (non-hydrogen) atoms. The van der Waals surface area contributed by atoms with E-state index in [0.29, 0.717) is 4.47 Å². The van der Waals surface area contributed by atoms with E-state index in [4.69, 9.17) is 0 Å². The summed E-state index contributed by atoms with van der Waals surface area (Å²) in [5, 5.41) is 0. The Labute approximate surface area is 85.6 Å². The van der Waals surface area contributed by atoms with E-state index in [0.717, 1.165) is 12.1 Å². The van der Waals surface area contributed by atoms with Crippen molar-refractivity contribution in [3.8, 4) is 5.75 Å². The molecule has 0 heterocycles. The average molecular weight is 275 g/mol. The molecule has 1 aromatic rings. The molecule has 1 aromatic carbocycles. The van der Waals surface area contributed by atoms with Crippen molar-refractivity contribution in [2.75, 3.05) is 0 Å². The van der Waals surface area contributed by atoms with Crippen molar-refractivity contribution in [1.29, 1.82) is 0 Å². The van der Waals surface area contributed by atoms with Crippen LogP contribution in [0.1, 0.15) is 0 Å². The fourth-order valence-electron chi connectivity index (χ4n) is 0.683. The maximum Gasteiger partial charge on any atom is 0.487 e. The Morgan fingerprint density at radius 3 is 2.46 bits per heavy atom. The van der Waals surface area contributed by atoms with Gasteiger partial charge in [0.15, 0.2) is 11.6 Å². The molecule has 0 spiro atoms. The van der Waals surface area contributed by atoms with Crippen LogP contribution in [-0.4, -0.2) is 5.57 Å². The minimum Gasteiger partial charge on any atom is -0.417 e. The van der Waals surface area contributed by atoms with E-state index in [1.54, 1.807) is 0 Å². The van der Waals surface area contributed by atoms with Crippen LogP contribution in [0, 0.1) is 5.82 Å². The van der Waals surface area contributed by atoms with E-state index >= 15 is 0 Å². The molecule has 0 aliphatic heterocycles. The highest BCUT2D eigenvalue weighted by atomic mass is 79.9. The van der Waals surface area contributed by atoms with E-state index in [-0.39, 0.29) is 0 Å². The second kappa shape index (κ2) is 3.75. The fourth-order valence-corrected chi connectivity index (χ4v) is 1.10. The highest BCUT2D eigenvalue weighted by Gasteiger charge is 2.28. The van der Waals surface area contributed by atoms with Gasteiger partial charge in [-0.05, 0) is 18.2 Å². The van der Waals surface area contributed by atoms with Crippen molar-refractivity contribution >= 4 is 27.5 Å². The minimum atomic E-state index is -3.89. The lowest BCUT2D eigenvalue weighted by atomic mass is 10.3. The number of alkyl halides is 3. The molecule has 72 valence electrons. The number of benzene rings is 1. The van der Waals surface area contributed by atoms with Crippen LogP contribution in [0.4, 0.5) is 13.2 Å². The van der Waals surface area contributed by atoms with Gasteiger partial charge in [-0.25, -0.2) is 4.39 Å². The van der Waals surface area contributed by atoms with Gasteiger partial charge in [-0.15, -0.1) is 8.78 Å². The van der Waals surface area contributed by atoms with Crippen molar-refractivity contribution in [2.45, 2.75) is 5.57 Å². The van der Waals surface area contributed by atoms with E-state index in [1.165, 1.54) is 6.07 Å². The van der Waals surface area contributed by atoms with Crippen LogP contribution in [0.3, 0.4) is 0 Å². The predicted molar refractivity (Wildman–Crippen MR) is 45.5 cm³/mol. The lowest BCUT2D eigenvalue weighted by Gasteiger charge is -2.10. The Balaban J connectivity index is 2.90. The van der Waals surface area contributed by atoms with Gasteiger partial charge in [0.1, 0.15) is 0 Å². The standard InChI is InChI=1S/C7H3BrClF3O/c8-4-1-2-6(5(10)3-4)13-7(9,11)12/h1-3H. The van der Waals surface area contributed by atoms with Gasteiger partial charge in [0, 0.05) is 16.1 Å². The first-order valence-corrected chi connectivity index (χ1v) is 4.26. The second-order valence-electron chi connectivity index (χ2n) is 2.12. The molecule has 0 aliphatic carbocycles. The summed E-state index contributed by atoms with van der Waals surface area (Å²) in [5.41, 5.74) is -3.89. The number of rotatable bonds is 2. The third kappa shape index (κ3) is 3.44. The van der Waals surface area contributed by atoms with Gasteiger partial charge in [-0.3, -0.25) is 0 Å². The number of halogens is 5. The minimum absolute atomic E-state index is 0.426. The Hall–Kier alpha value is -0.420. The molecule has 0 radical (unpaired) electrons. The summed E-state index contributed by atoms with van der Waals surface area (Å²) in [4.78, 5) is 0. The zero-order valence-corrected chi connectivity index (χ0v) is 8.37. The van der Waals surface area contributed by atoms with Crippen molar-refractivity contribution in [3.63, 3.8) is 0 Å². The predicted octanol–water partition coefficient (Wildman–Crippen LogP) is 3.76. The van der Waals surface area contributed by atoms with Crippen LogP contribution in [-0.2, 0) is 0 Å². The molecule has 0 saturated carbocycles. The van der Waals surface area contributed by atoms with E-state index < -0.39 is 17.1 Å². The highest BCUT2D eigenvalue weighted by molar-refractivity contribution is 9.10. The smallest absolute Gasteiger partial charge is 0.417 e. The van der Waals surface area contributed by atoms with Crippen molar-refractivity contribution in [3.05, 3.63) is 28.5 Å². The summed E-state index contributed by atoms with van der Waals surface area (Å²) in [6, 6.07) is 3.41. The molecular weight excluding hydrogens is 272 g/mol. The fraction of sp³-hybridized carbons (Fsp3) is 0.143. The first kappa shape index (κ1) is 10.7. The van der Waals surface area contributed by atoms with Crippen molar-refractivity contribution < 1.29 is 17.9 Å². The van der Waals surface area contributed by atoms with Crippen molar-refractivity contribution in [1.82, 2.24) is 0 Å². The van der Waals surface area contributed by atoms with Gasteiger partial charge in [0.2, 0.25) is 0 Å². The Morgan fingerprint density at radius 1 is 1.38 bits per heavy atom. The average Bonchev–Trinajstić information content (AvgIpc) is 1.93. The Morgan fingerprint density at radius 2 is 2.00 bits per heavy atom. The molecule has 0 saturated heterocycles. The van der Waals surface area contributed by atoms with Gasteiger partial charge >= 0.3 is 5.57 Å². The molecule has 0 bridgehead atoms. The second-order valence-corrected chi connectivity index (χ2v) is 3.48. The largest absolute Gasteiger partial charge is 0.487 e. The van der Waals surface area contributed by atoms with Crippen LogP contribution in [0.5, 0.6) is 5.75 Å². The van der Waals surface area contributed by atoms with Crippen LogP contribution < -0.4 is 4.74 Å². The molecule has 0 fully saturated rings. The zero-order chi connectivity index (χ0) is 10.1. The van der Waals surface area contributed by atoms with Crippen LogP contribution in [0.25, 0.3) is 0 Å². The molecule has 0 aliphatic rings. The van der Waals surface area contributed by atoms with E-state index in [9.17, 15) is 13.2 Å². The van der Waals surface area contributed by atoms with Crippen LogP contribution in [0.2, 0.25) is 0 Å². The summed E-state index contributed by atoms with van der Waals surface area (Å²) < 4.78 is 41.2. The maximum atomic E-state index is 12.8. The third-order valence-corrected chi connectivity index (χ3v) is 1.69. The molecule has 6 heteroatoms. The van der Waals surface area contributed by atoms with Gasteiger partial charge in [-0.1, -0.05) is 15.9 Å². The number of hydrogen-bond donors (Lipinski definition) is 0. The van der Waals surface area contributed by atoms with Crippen LogP contribution >= 0.6 is 27.5 Å². The van der Waals surface area contributed by atoms with Gasteiger partial charge in [0.05, 0.1) is 0 Å². The number of ether oxygens (including phenoxy) is 1. The molecule has 1 rings (SSSR count). The lowest BCUT2D eigenvalue weighted by molar-refractivity contribution is -0.0984. The molecule has 0 atom stereocenters. The SMILES string of the molecule is Fc1cc(Br)ccc1OC(F)(F)Cl.